The van der Waals surface area contributed by atoms with E-state index in [0.29, 0.717) is 5.56 Å². The Balaban J connectivity index is 1.94. The molecule has 1 amide bonds. The van der Waals surface area contributed by atoms with Crippen LogP contribution in [0.1, 0.15) is 32.6 Å². The molecule has 0 fully saturated rings. The number of amides is 1. The van der Waals surface area contributed by atoms with Gasteiger partial charge in [0, 0.05) is 5.69 Å². The number of nitrogens with one attached hydrogen (secondary N) is 1. The van der Waals surface area contributed by atoms with Crippen molar-refractivity contribution in [1.82, 2.24) is 0 Å². The van der Waals surface area contributed by atoms with Crippen LogP contribution in [-0.2, 0) is 9.53 Å². The summed E-state index contributed by atoms with van der Waals surface area (Å²) < 4.78 is 5.08. The molecule has 2 rings (SSSR count). The van der Waals surface area contributed by atoms with E-state index in [1.54, 1.807) is 12.1 Å². The van der Waals surface area contributed by atoms with Crippen molar-refractivity contribution >= 4 is 17.6 Å². The number of benzene rings is 2. The van der Waals surface area contributed by atoms with Crippen molar-refractivity contribution in [3.8, 4) is 0 Å². The van der Waals surface area contributed by atoms with Gasteiger partial charge in [0.05, 0.1) is 5.56 Å². The number of rotatable bonds is 4. The summed E-state index contributed by atoms with van der Waals surface area (Å²) in [6.45, 7) is 7.51. The smallest absolute Gasteiger partial charge is 0.338 e. The lowest BCUT2D eigenvalue weighted by Crippen LogP contribution is -2.21. The predicted octanol–water partition coefficient (Wildman–Crippen LogP) is 3.72. The minimum absolute atomic E-state index is 0.306. The van der Waals surface area contributed by atoms with Crippen molar-refractivity contribution in [2.75, 3.05) is 11.9 Å². The standard InChI is InChI=1S/C19H21NO3/c1-12-8-9-16(10-14(12)3)19(22)23-11-18(21)20-17-7-5-6-13(2)15(17)4/h5-10H,11H2,1-4H3,(H,20,21). The number of aryl methyl sites for hydroxylation is 3. The van der Waals surface area contributed by atoms with Crippen LogP contribution in [0.5, 0.6) is 0 Å². The molecule has 0 heterocycles. The fraction of sp³-hybridized carbons (Fsp3) is 0.263. The van der Waals surface area contributed by atoms with E-state index >= 15 is 0 Å². The molecule has 2 aromatic carbocycles. The Hall–Kier alpha value is -2.62. The zero-order chi connectivity index (χ0) is 17.0. The molecule has 0 aliphatic rings. The van der Waals surface area contributed by atoms with Gasteiger partial charge in [-0.1, -0.05) is 18.2 Å². The minimum atomic E-state index is -0.496. The first-order valence-electron chi connectivity index (χ1n) is 7.49. The van der Waals surface area contributed by atoms with Gasteiger partial charge in [-0.25, -0.2) is 4.79 Å². The SMILES string of the molecule is Cc1ccc(C(=O)OCC(=O)Nc2cccc(C)c2C)cc1C. The summed E-state index contributed by atoms with van der Waals surface area (Å²) in [5.41, 5.74) is 5.40. The zero-order valence-electron chi connectivity index (χ0n) is 13.9. The van der Waals surface area contributed by atoms with Gasteiger partial charge in [0.15, 0.2) is 6.61 Å². The average molecular weight is 311 g/mol. The van der Waals surface area contributed by atoms with E-state index in [4.69, 9.17) is 4.74 Å². The first-order valence-corrected chi connectivity index (χ1v) is 7.49. The van der Waals surface area contributed by atoms with Crippen molar-refractivity contribution < 1.29 is 14.3 Å². The monoisotopic (exact) mass is 311 g/mol. The molecule has 0 saturated carbocycles. The topological polar surface area (TPSA) is 55.4 Å². The molecule has 0 saturated heterocycles. The van der Waals surface area contributed by atoms with Gasteiger partial charge in [0.1, 0.15) is 0 Å². The van der Waals surface area contributed by atoms with Crippen LogP contribution in [0.3, 0.4) is 0 Å². The summed E-state index contributed by atoms with van der Waals surface area (Å²) in [6, 6.07) is 11.0. The minimum Gasteiger partial charge on any atom is -0.452 e. The first-order chi connectivity index (χ1) is 10.9. The van der Waals surface area contributed by atoms with Crippen molar-refractivity contribution in [2.45, 2.75) is 27.7 Å². The number of carbonyl (C=O) groups excluding carboxylic acids is 2. The van der Waals surface area contributed by atoms with Crippen LogP contribution in [-0.4, -0.2) is 18.5 Å². The molecule has 4 nitrogen and oxygen atoms in total. The van der Waals surface area contributed by atoms with E-state index in [1.165, 1.54) is 0 Å². The highest BCUT2D eigenvalue weighted by molar-refractivity contribution is 5.96. The molecule has 2 aromatic rings. The van der Waals surface area contributed by atoms with Crippen LogP contribution in [0.2, 0.25) is 0 Å². The van der Waals surface area contributed by atoms with Gasteiger partial charge in [0.2, 0.25) is 0 Å². The van der Waals surface area contributed by atoms with Gasteiger partial charge in [-0.2, -0.15) is 0 Å². The maximum Gasteiger partial charge on any atom is 0.338 e. The van der Waals surface area contributed by atoms with Gasteiger partial charge in [-0.3, -0.25) is 4.79 Å². The number of ether oxygens (including phenoxy) is 1. The Morgan fingerprint density at radius 1 is 0.957 bits per heavy atom. The third kappa shape index (κ3) is 4.19. The van der Waals surface area contributed by atoms with E-state index in [1.807, 2.05) is 52.0 Å². The summed E-state index contributed by atoms with van der Waals surface area (Å²) in [7, 11) is 0. The third-order valence-corrected chi connectivity index (χ3v) is 3.96. The lowest BCUT2D eigenvalue weighted by molar-refractivity contribution is -0.119. The number of carbonyl (C=O) groups is 2. The third-order valence-electron chi connectivity index (χ3n) is 3.96. The Kier molecular flexibility index (Phi) is 5.16. The van der Waals surface area contributed by atoms with Gasteiger partial charge < -0.3 is 10.1 Å². The van der Waals surface area contributed by atoms with E-state index < -0.39 is 5.97 Å². The Morgan fingerprint density at radius 2 is 1.70 bits per heavy atom. The predicted molar refractivity (Wildman–Crippen MR) is 90.7 cm³/mol. The zero-order valence-corrected chi connectivity index (χ0v) is 13.9. The van der Waals surface area contributed by atoms with Crippen LogP contribution >= 0.6 is 0 Å². The van der Waals surface area contributed by atoms with Crippen molar-refractivity contribution in [1.29, 1.82) is 0 Å². The maximum atomic E-state index is 12.0. The normalized spacial score (nSPS) is 10.3. The Labute approximate surface area is 136 Å². The summed E-state index contributed by atoms with van der Waals surface area (Å²) in [4.78, 5) is 23.9. The fourth-order valence-electron chi connectivity index (χ4n) is 2.16. The molecule has 120 valence electrons. The van der Waals surface area contributed by atoms with Gasteiger partial charge >= 0.3 is 5.97 Å². The van der Waals surface area contributed by atoms with Crippen molar-refractivity contribution in [2.24, 2.45) is 0 Å². The second kappa shape index (κ2) is 7.09. The lowest BCUT2D eigenvalue weighted by atomic mass is 10.1. The molecule has 0 radical (unpaired) electrons. The van der Waals surface area contributed by atoms with Crippen LogP contribution in [0, 0.1) is 27.7 Å². The number of esters is 1. The molecule has 23 heavy (non-hydrogen) atoms. The molecular weight excluding hydrogens is 290 g/mol. The highest BCUT2D eigenvalue weighted by atomic mass is 16.5. The van der Waals surface area contributed by atoms with E-state index in [9.17, 15) is 9.59 Å². The molecular formula is C19H21NO3. The highest BCUT2D eigenvalue weighted by Gasteiger charge is 2.12. The molecule has 0 aliphatic carbocycles. The number of hydrogen-bond acceptors (Lipinski definition) is 3. The molecule has 0 atom stereocenters. The van der Waals surface area contributed by atoms with Gasteiger partial charge in [-0.05, 0) is 68.1 Å². The van der Waals surface area contributed by atoms with Gasteiger partial charge in [-0.15, -0.1) is 0 Å². The van der Waals surface area contributed by atoms with Crippen LogP contribution in [0.25, 0.3) is 0 Å². The van der Waals surface area contributed by atoms with E-state index in [0.717, 1.165) is 27.9 Å². The van der Waals surface area contributed by atoms with Crippen LogP contribution in [0.15, 0.2) is 36.4 Å². The first kappa shape index (κ1) is 16.7. The maximum absolute atomic E-state index is 12.0. The Morgan fingerprint density at radius 3 is 2.39 bits per heavy atom. The summed E-state index contributed by atoms with van der Waals surface area (Å²) in [6.07, 6.45) is 0. The number of hydrogen-bond donors (Lipinski definition) is 1. The molecule has 4 heteroatoms. The summed E-state index contributed by atoms with van der Waals surface area (Å²) in [5.74, 6) is -0.847. The fourth-order valence-corrected chi connectivity index (χ4v) is 2.16. The van der Waals surface area contributed by atoms with E-state index in [2.05, 4.69) is 5.32 Å². The second-order valence-corrected chi connectivity index (χ2v) is 5.67. The average Bonchev–Trinajstić information content (AvgIpc) is 2.52. The Bertz CT molecular complexity index is 750. The quantitative estimate of drug-likeness (QED) is 0.876. The summed E-state index contributed by atoms with van der Waals surface area (Å²) >= 11 is 0. The van der Waals surface area contributed by atoms with Gasteiger partial charge in [0.25, 0.3) is 5.91 Å². The summed E-state index contributed by atoms with van der Waals surface area (Å²) in [5, 5.41) is 2.76. The molecule has 0 aromatic heterocycles. The van der Waals surface area contributed by atoms with Crippen molar-refractivity contribution in [3.05, 3.63) is 64.2 Å². The largest absolute Gasteiger partial charge is 0.452 e. The molecule has 0 aliphatic heterocycles. The molecule has 0 unspecified atom stereocenters. The molecule has 0 spiro atoms. The molecule has 0 bridgehead atoms. The van der Waals surface area contributed by atoms with E-state index in [-0.39, 0.29) is 12.5 Å². The lowest BCUT2D eigenvalue weighted by Gasteiger charge is -2.11. The molecule has 1 N–H and O–H groups in total. The van der Waals surface area contributed by atoms with Crippen LogP contribution < -0.4 is 5.32 Å². The highest BCUT2D eigenvalue weighted by Crippen LogP contribution is 2.17. The second-order valence-electron chi connectivity index (χ2n) is 5.67. The van der Waals surface area contributed by atoms with Crippen LogP contribution in [0.4, 0.5) is 5.69 Å². The van der Waals surface area contributed by atoms with Crippen molar-refractivity contribution in [3.63, 3.8) is 0 Å². The number of anilines is 1.